The lowest BCUT2D eigenvalue weighted by Crippen LogP contribution is -2.37. The van der Waals surface area contributed by atoms with Crippen molar-refractivity contribution >= 4 is 11.8 Å². The van der Waals surface area contributed by atoms with Gasteiger partial charge in [-0.25, -0.2) is 4.98 Å². The fraction of sp³-hybridized carbons (Fsp3) is 0.474. The Labute approximate surface area is 174 Å². The smallest absolute Gasteiger partial charge is 0.379 e. The minimum atomic E-state index is -4.95. The van der Waals surface area contributed by atoms with Crippen LogP contribution in [0, 0.1) is 0 Å². The Morgan fingerprint density at radius 2 is 1.61 bits per heavy atom. The van der Waals surface area contributed by atoms with Crippen LogP contribution in [0.25, 0.3) is 11.1 Å². The zero-order chi connectivity index (χ0) is 22.6. The van der Waals surface area contributed by atoms with Gasteiger partial charge in [0.05, 0.1) is 24.3 Å². The Bertz CT molecular complexity index is 864. The van der Waals surface area contributed by atoms with E-state index >= 15 is 0 Å². The van der Waals surface area contributed by atoms with Gasteiger partial charge in [-0.05, 0) is 36.7 Å². The lowest BCUT2D eigenvalue weighted by atomic mass is 10.00. The highest BCUT2D eigenvalue weighted by atomic mass is 19.4. The SMILES string of the molecule is Nc1ncc(-c2cc(C(F)(F)F)cc(C(F)(F)F)c2)c(NCCCN2CCOCC2)n1. The van der Waals surface area contributed by atoms with Crippen molar-refractivity contribution in [3.63, 3.8) is 0 Å². The highest BCUT2D eigenvalue weighted by Gasteiger charge is 2.37. The van der Waals surface area contributed by atoms with Crippen molar-refractivity contribution in [2.24, 2.45) is 0 Å². The summed E-state index contributed by atoms with van der Waals surface area (Å²) in [5.41, 5.74) is 2.45. The number of hydrogen-bond donors (Lipinski definition) is 2. The van der Waals surface area contributed by atoms with Crippen molar-refractivity contribution in [3.05, 3.63) is 35.5 Å². The van der Waals surface area contributed by atoms with Gasteiger partial charge in [0.25, 0.3) is 0 Å². The molecule has 3 N–H and O–H groups in total. The molecule has 0 spiro atoms. The number of aromatic nitrogens is 2. The minimum absolute atomic E-state index is 0.00262. The predicted octanol–water partition coefficient (Wildman–Crippen LogP) is 3.90. The maximum atomic E-state index is 13.2. The monoisotopic (exact) mass is 449 g/mol. The van der Waals surface area contributed by atoms with Crippen molar-refractivity contribution in [3.8, 4) is 11.1 Å². The normalized spacial score (nSPS) is 15.8. The van der Waals surface area contributed by atoms with Crippen LogP contribution < -0.4 is 11.1 Å². The van der Waals surface area contributed by atoms with Gasteiger partial charge < -0.3 is 15.8 Å². The number of anilines is 2. The summed E-state index contributed by atoms with van der Waals surface area (Å²) in [6, 6.07) is 1.36. The zero-order valence-electron chi connectivity index (χ0n) is 16.4. The molecule has 1 aromatic carbocycles. The number of rotatable bonds is 6. The van der Waals surface area contributed by atoms with Crippen molar-refractivity contribution in [1.82, 2.24) is 14.9 Å². The van der Waals surface area contributed by atoms with E-state index in [0.717, 1.165) is 25.8 Å². The highest BCUT2D eigenvalue weighted by molar-refractivity contribution is 5.76. The Morgan fingerprint density at radius 1 is 1.00 bits per heavy atom. The number of morpholine rings is 1. The average molecular weight is 449 g/mol. The number of nitrogens with zero attached hydrogens (tertiary/aromatic N) is 3. The van der Waals surface area contributed by atoms with Gasteiger partial charge >= 0.3 is 12.4 Å². The van der Waals surface area contributed by atoms with Crippen molar-refractivity contribution < 1.29 is 31.1 Å². The van der Waals surface area contributed by atoms with E-state index in [1.807, 2.05) is 0 Å². The molecule has 2 aromatic rings. The molecule has 0 bridgehead atoms. The lowest BCUT2D eigenvalue weighted by Gasteiger charge is -2.26. The molecule has 0 saturated carbocycles. The van der Waals surface area contributed by atoms with Crippen LogP contribution in [-0.4, -0.2) is 54.3 Å². The fourth-order valence-corrected chi connectivity index (χ4v) is 3.19. The maximum Gasteiger partial charge on any atom is 0.416 e. The molecule has 0 unspecified atom stereocenters. The predicted molar refractivity (Wildman–Crippen MR) is 102 cm³/mol. The van der Waals surface area contributed by atoms with E-state index in [4.69, 9.17) is 10.5 Å². The summed E-state index contributed by atoms with van der Waals surface area (Å²) >= 11 is 0. The van der Waals surface area contributed by atoms with Crippen LogP contribution in [0.15, 0.2) is 24.4 Å². The van der Waals surface area contributed by atoms with E-state index in [1.54, 1.807) is 0 Å². The topological polar surface area (TPSA) is 76.3 Å². The largest absolute Gasteiger partial charge is 0.416 e. The molecule has 0 aliphatic carbocycles. The fourth-order valence-electron chi connectivity index (χ4n) is 3.19. The molecule has 31 heavy (non-hydrogen) atoms. The Balaban J connectivity index is 1.85. The average Bonchev–Trinajstić information content (AvgIpc) is 2.70. The minimum Gasteiger partial charge on any atom is -0.379 e. The molecule has 1 aromatic heterocycles. The second-order valence-electron chi connectivity index (χ2n) is 7.02. The summed E-state index contributed by atoms with van der Waals surface area (Å²) in [6.45, 7) is 4.06. The Morgan fingerprint density at radius 3 is 2.19 bits per heavy atom. The molecule has 0 radical (unpaired) electrons. The van der Waals surface area contributed by atoms with Gasteiger partial charge in [0.1, 0.15) is 5.82 Å². The zero-order valence-corrected chi connectivity index (χ0v) is 16.4. The van der Waals surface area contributed by atoms with Gasteiger partial charge in [-0.2, -0.15) is 31.3 Å². The van der Waals surface area contributed by atoms with Crippen LogP contribution in [-0.2, 0) is 17.1 Å². The summed E-state index contributed by atoms with van der Waals surface area (Å²) in [5, 5.41) is 2.96. The van der Waals surface area contributed by atoms with Crippen LogP contribution in [0.2, 0.25) is 0 Å². The standard InChI is InChI=1S/C19H21F6N5O/c20-18(21,22)13-8-12(9-14(10-13)19(23,24)25)15-11-28-17(26)29-16(15)27-2-1-3-30-4-6-31-7-5-30/h8-11H,1-7H2,(H3,26,27,28,29). The molecule has 3 rings (SSSR count). The van der Waals surface area contributed by atoms with E-state index < -0.39 is 23.5 Å². The molecular weight excluding hydrogens is 428 g/mol. The third-order valence-corrected chi connectivity index (χ3v) is 4.75. The number of alkyl halides is 6. The summed E-state index contributed by atoms with van der Waals surface area (Å²) in [5.74, 6) is -0.0793. The lowest BCUT2D eigenvalue weighted by molar-refractivity contribution is -0.143. The van der Waals surface area contributed by atoms with E-state index in [2.05, 4.69) is 20.2 Å². The third kappa shape index (κ3) is 6.20. The Kier molecular flexibility index (Phi) is 6.90. The molecule has 0 atom stereocenters. The molecule has 1 aliphatic heterocycles. The second kappa shape index (κ2) is 9.27. The first-order valence-corrected chi connectivity index (χ1v) is 9.50. The first-order valence-electron chi connectivity index (χ1n) is 9.50. The molecular formula is C19H21F6N5O. The summed E-state index contributed by atoms with van der Waals surface area (Å²) in [6.07, 6.45) is -8.10. The van der Waals surface area contributed by atoms with E-state index in [-0.39, 0.29) is 29.0 Å². The van der Waals surface area contributed by atoms with Gasteiger partial charge in [0, 0.05) is 31.4 Å². The van der Waals surface area contributed by atoms with Crippen LogP contribution in [0.1, 0.15) is 17.5 Å². The number of hydrogen-bond acceptors (Lipinski definition) is 6. The van der Waals surface area contributed by atoms with Gasteiger partial charge in [0.15, 0.2) is 0 Å². The van der Waals surface area contributed by atoms with Crippen LogP contribution in [0.5, 0.6) is 0 Å². The molecule has 12 heteroatoms. The molecule has 170 valence electrons. The maximum absolute atomic E-state index is 13.2. The van der Waals surface area contributed by atoms with Crippen LogP contribution in [0.4, 0.5) is 38.1 Å². The highest BCUT2D eigenvalue weighted by Crippen LogP contribution is 2.39. The van der Waals surface area contributed by atoms with Crippen molar-refractivity contribution in [2.75, 3.05) is 50.4 Å². The van der Waals surface area contributed by atoms with E-state index in [9.17, 15) is 26.3 Å². The second-order valence-corrected chi connectivity index (χ2v) is 7.02. The van der Waals surface area contributed by atoms with Gasteiger partial charge in [0.2, 0.25) is 5.95 Å². The molecule has 0 amide bonds. The van der Waals surface area contributed by atoms with E-state index in [0.29, 0.717) is 38.3 Å². The van der Waals surface area contributed by atoms with Gasteiger partial charge in [-0.15, -0.1) is 0 Å². The van der Waals surface area contributed by atoms with Crippen molar-refractivity contribution in [2.45, 2.75) is 18.8 Å². The first kappa shape index (κ1) is 23.1. The van der Waals surface area contributed by atoms with E-state index in [1.165, 1.54) is 0 Å². The van der Waals surface area contributed by atoms with Crippen LogP contribution in [0.3, 0.4) is 0 Å². The van der Waals surface area contributed by atoms with Crippen LogP contribution >= 0.6 is 0 Å². The molecule has 6 nitrogen and oxygen atoms in total. The number of nitrogen functional groups attached to an aromatic ring is 1. The molecule has 1 fully saturated rings. The number of nitrogens with one attached hydrogen (secondary N) is 1. The number of ether oxygens (including phenoxy) is 1. The summed E-state index contributed by atoms with van der Waals surface area (Å²) < 4.78 is 84.4. The number of benzene rings is 1. The molecule has 1 aliphatic rings. The first-order chi connectivity index (χ1) is 14.5. The number of nitrogens with two attached hydrogens (primary N) is 1. The van der Waals surface area contributed by atoms with Crippen molar-refractivity contribution in [1.29, 1.82) is 0 Å². The molecule has 2 heterocycles. The molecule has 1 saturated heterocycles. The summed E-state index contributed by atoms with van der Waals surface area (Å²) in [7, 11) is 0. The third-order valence-electron chi connectivity index (χ3n) is 4.75. The number of halogens is 6. The summed E-state index contributed by atoms with van der Waals surface area (Å²) in [4.78, 5) is 9.92. The Hall–Kier alpha value is -2.60. The van der Waals surface area contributed by atoms with Gasteiger partial charge in [-0.1, -0.05) is 0 Å². The quantitative estimate of drug-likeness (QED) is 0.515. The van der Waals surface area contributed by atoms with Gasteiger partial charge in [-0.3, -0.25) is 4.90 Å².